The first-order chi connectivity index (χ1) is 8.56. The van der Waals surface area contributed by atoms with Crippen molar-refractivity contribution in [3.05, 3.63) is 28.8 Å². The van der Waals surface area contributed by atoms with Gasteiger partial charge in [0.1, 0.15) is 11.5 Å². The Labute approximate surface area is 114 Å². The lowest BCUT2D eigenvalue weighted by Crippen LogP contribution is -2.08. The van der Waals surface area contributed by atoms with Gasteiger partial charge in [-0.25, -0.2) is 0 Å². The highest BCUT2D eigenvalue weighted by Crippen LogP contribution is 2.26. The second kappa shape index (κ2) is 7.42. The average molecular weight is 269 g/mol. The van der Waals surface area contributed by atoms with Crippen LogP contribution in [-0.4, -0.2) is 12.9 Å². The predicted molar refractivity (Wildman–Crippen MR) is 75.4 cm³/mol. The second-order valence-electron chi connectivity index (χ2n) is 4.76. The second-order valence-corrected chi connectivity index (χ2v) is 5.19. The van der Waals surface area contributed by atoms with Gasteiger partial charge in [0.2, 0.25) is 0 Å². The summed E-state index contributed by atoms with van der Waals surface area (Å²) in [5, 5.41) is 0.706. The number of ketones is 1. The maximum absolute atomic E-state index is 11.6. The van der Waals surface area contributed by atoms with E-state index in [0.29, 0.717) is 29.6 Å². The summed E-state index contributed by atoms with van der Waals surface area (Å²) in [4.78, 5) is 11.6. The first-order valence-electron chi connectivity index (χ1n) is 6.41. The van der Waals surface area contributed by atoms with Gasteiger partial charge in [0.15, 0.2) is 0 Å². The van der Waals surface area contributed by atoms with Crippen LogP contribution in [0, 0.1) is 5.92 Å². The van der Waals surface area contributed by atoms with E-state index < -0.39 is 0 Å². The number of carbonyl (C=O) groups is 1. The quantitative estimate of drug-likeness (QED) is 0.737. The number of benzene rings is 1. The molecule has 0 heterocycles. The Kier molecular flexibility index (Phi) is 6.20. The molecular weight excluding hydrogens is 248 g/mol. The Bertz CT molecular complexity index is 401. The molecule has 3 heteroatoms. The van der Waals surface area contributed by atoms with Crippen LogP contribution in [0.4, 0.5) is 0 Å². The SMILES string of the molecule is CCCC(=O)CC(C)Cc1cc(Cl)ccc1OC. The van der Waals surface area contributed by atoms with Crippen LogP contribution in [0.3, 0.4) is 0 Å². The Morgan fingerprint density at radius 3 is 2.78 bits per heavy atom. The molecule has 0 aliphatic heterocycles. The van der Waals surface area contributed by atoms with Crippen molar-refractivity contribution >= 4 is 17.4 Å². The molecule has 100 valence electrons. The van der Waals surface area contributed by atoms with Gasteiger partial charge in [0.05, 0.1) is 7.11 Å². The number of Topliss-reactive ketones (excluding diaryl/α,β-unsaturated/α-hetero) is 1. The molecule has 0 bridgehead atoms. The van der Waals surface area contributed by atoms with Crippen molar-refractivity contribution in [3.8, 4) is 5.75 Å². The number of halogens is 1. The van der Waals surface area contributed by atoms with Gasteiger partial charge in [-0.05, 0) is 42.5 Å². The topological polar surface area (TPSA) is 26.3 Å². The first-order valence-corrected chi connectivity index (χ1v) is 6.78. The van der Waals surface area contributed by atoms with Gasteiger partial charge in [0.25, 0.3) is 0 Å². The average Bonchev–Trinajstić information content (AvgIpc) is 2.29. The van der Waals surface area contributed by atoms with Crippen LogP contribution in [0.2, 0.25) is 5.02 Å². The van der Waals surface area contributed by atoms with Crippen LogP contribution in [-0.2, 0) is 11.2 Å². The largest absolute Gasteiger partial charge is 0.496 e. The van der Waals surface area contributed by atoms with E-state index in [9.17, 15) is 4.79 Å². The molecule has 1 atom stereocenters. The van der Waals surface area contributed by atoms with Crippen molar-refractivity contribution in [3.63, 3.8) is 0 Å². The molecule has 0 saturated heterocycles. The van der Waals surface area contributed by atoms with E-state index >= 15 is 0 Å². The molecule has 0 aliphatic rings. The van der Waals surface area contributed by atoms with Gasteiger partial charge in [-0.3, -0.25) is 4.79 Å². The van der Waals surface area contributed by atoms with Crippen LogP contribution >= 0.6 is 11.6 Å². The van der Waals surface area contributed by atoms with Crippen molar-refractivity contribution in [1.82, 2.24) is 0 Å². The van der Waals surface area contributed by atoms with Crippen molar-refractivity contribution in [2.45, 2.75) is 39.5 Å². The molecule has 0 aliphatic carbocycles. The molecule has 2 nitrogen and oxygen atoms in total. The molecule has 0 radical (unpaired) electrons. The first kappa shape index (κ1) is 15.0. The lowest BCUT2D eigenvalue weighted by atomic mass is 9.94. The van der Waals surface area contributed by atoms with Crippen molar-refractivity contribution in [2.75, 3.05) is 7.11 Å². The van der Waals surface area contributed by atoms with Gasteiger partial charge in [-0.15, -0.1) is 0 Å². The molecule has 0 amide bonds. The fourth-order valence-electron chi connectivity index (χ4n) is 2.12. The third kappa shape index (κ3) is 4.69. The summed E-state index contributed by atoms with van der Waals surface area (Å²) in [5.74, 6) is 1.50. The molecule has 1 aromatic rings. The van der Waals surface area contributed by atoms with Gasteiger partial charge < -0.3 is 4.74 Å². The Balaban J connectivity index is 2.66. The van der Waals surface area contributed by atoms with Gasteiger partial charge in [0, 0.05) is 17.9 Å². The Morgan fingerprint density at radius 2 is 2.17 bits per heavy atom. The minimum absolute atomic E-state index is 0.316. The van der Waals surface area contributed by atoms with Gasteiger partial charge in [-0.2, -0.15) is 0 Å². The fourth-order valence-corrected chi connectivity index (χ4v) is 2.32. The Hall–Kier alpha value is -1.02. The monoisotopic (exact) mass is 268 g/mol. The maximum atomic E-state index is 11.6. The highest BCUT2D eigenvalue weighted by molar-refractivity contribution is 6.30. The molecule has 0 fully saturated rings. The van der Waals surface area contributed by atoms with E-state index in [1.807, 2.05) is 25.1 Å². The molecule has 1 unspecified atom stereocenters. The van der Waals surface area contributed by atoms with Crippen molar-refractivity contribution in [2.24, 2.45) is 5.92 Å². The van der Waals surface area contributed by atoms with Gasteiger partial charge in [-0.1, -0.05) is 25.4 Å². The highest BCUT2D eigenvalue weighted by atomic mass is 35.5. The Morgan fingerprint density at radius 1 is 1.44 bits per heavy atom. The fraction of sp³-hybridized carbons (Fsp3) is 0.533. The maximum Gasteiger partial charge on any atom is 0.133 e. The third-order valence-corrected chi connectivity index (χ3v) is 3.15. The summed E-state index contributed by atoms with van der Waals surface area (Å²) in [6.45, 7) is 4.12. The van der Waals surface area contributed by atoms with Crippen LogP contribution in [0.5, 0.6) is 5.75 Å². The summed E-state index contributed by atoms with van der Waals surface area (Å²) >= 11 is 5.99. The standard InChI is InChI=1S/C15H21ClO2/c1-4-5-14(17)9-11(2)8-12-10-13(16)6-7-15(12)18-3/h6-7,10-11H,4-5,8-9H2,1-3H3. The third-order valence-electron chi connectivity index (χ3n) is 2.92. The molecule has 0 spiro atoms. The number of hydrogen-bond acceptors (Lipinski definition) is 2. The summed E-state index contributed by atoms with van der Waals surface area (Å²) in [7, 11) is 1.65. The van der Waals surface area contributed by atoms with Crippen molar-refractivity contribution < 1.29 is 9.53 Å². The zero-order chi connectivity index (χ0) is 13.5. The minimum Gasteiger partial charge on any atom is -0.496 e. The molecule has 1 aromatic carbocycles. The molecular formula is C15H21ClO2. The van der Waals surface area contributed by atoms with E-state index in [1.165, 1.54) is 0 Å². The zero-order valence-corrected chi connectivity index (χ0v) is 12.1. The summed E-state index contributed by atoms with van der Waals surface area (Å²) in [5.41, 5.74) is 1.07. The lowest BCUT2D eigenvalue weighted by molar-refractivity contribution is -0.119. The van der Waals surface area contributed by atoms with E-state index in [1.54, 1.807) is 7.11 Å². The highest BCUT2D eigenvalue weighted by Gasteiger charge is 2.12. The zero-order valence-electron chi connectivity index (χ0n) is 11.3. The summed E-state index contributed by atoms with van der Waals surface area (Å²) in [6.07, 6.45) is 3.05. The number of hydrogen-bond donors (Lipinski definition) is 0. The summed E-state index contributed by atoms with van der Waals surface area (Å²) in [6, 6.07) is 5.61. The van der Waals surface area contributed by atoms with Gasteiger partial charge >= 0.3 is 0 Å². The summed E-state index contributed by atoms with van der Waals surface area (Å²) < 4.78 is 5.31. The normalized spacial score (nSPS) is 12.2. The number of carbonyl (C=O) groups excluding carboxylic acids is 1. The smallest absolute Gasteiger partial charge is 0.133 e. The van der Waals surface area contributed by atoms with Crippen LogP contribution < -0.4 is 4.74 Å². The van der Waals surface area contributed by atoms with E-state index in [4.69, 9.17) is 16.3 Å². The van der Waals surface area contributed by atoms with E-state index in [2.05, 4.69) is 6.92 Å². The van der Waals surface area contributed by atoms with Crippen LogP contribution in [0.15, 0.2) is 18.2 Å². The predicted octanol–water partition coefficient (Wildman–Crippen LogP) is 4.29. The van der Waals surface area contributed by atoms with Crippen molar-refractivity contribution in [1.29, 1.82) is 0 Å². The van der Waals surface area contributed by atoms with E-state index in [0.717, 1.165) is 24.2 Å². The number of ether oxygens (including phenoxy) is 1. The number of rotatable bonds is 7. The minimum atomic E-state index is 0.316. The molecule has 1 rings (SSSR count). The van der Waals surface area contributed by atoms with Crippen LogP contribution in [0.1, 0.15) is 38.7 Å². The number of methoxy groups -OCH3 is 1. The van der Waals surface area contributed by atoms with E-state index in [-0.39, 0.29) is 0 Å². The molecule has 18 heavy (non-hydrogen) atoms. The molecule has 0 saturated carbocycles. The van der Waals surface area contributed by atoms with Crippen LogP contribution in [0.25, 0.3) is 0 Å². The molecule has 0 N–H and O–H groups in total. The molecule has 0 aromatic heterocycles. The lowest BCUT2D eigenvalue weighted by Gasteiger charge is -2.14.